The van der Waals surface area contributed by atoms with Crippen molar-refractivity contribution in [3.63, 3.8) is 0 Å². The van der Waals surface area contributed by atoms with E-state index >= 15 is 0 Å². The number of aromatic nitrogens is 2. The molecule has 0 saturated heterocycles. The van der Waals surface area contributed by atoms with Crippen LogP contribution in [0.5, 0.6) is 0 Å². The van der Waals surface area contributed by atoms with Crippen molar-refractivity contribution in [2.45, 2.75) is 97.6 Å². The molecular weight excluding hydrogens is 439 g/mol. The quantitative estimate of drug-likeness (QED) is 0.548. The third kappa shape index (κ3) is 3.54. The number of Topliss-reactive ketones (excluding diaryl/α,β-unsaturated/α-hetero) is 1. The zero-order valence-electron chi connectivity index (χ0n) is 21.8. The van der Waals surface area contributed by atoms with Crippen LogP contribution in [0.3, 0.4) is 0 Å². The summed E-state index contributed by atoms with van der Waals surface area (Å²) in [5.41, 5.74) is 1.47. The maximum atomic E-state index is 14.4. The summed E-state index contributed by atoms with van der Waals surface area (Å²) in [5, 5.41) is 15.6. The lowest BCUT2D eigenvalue weighted by Crippen LogP contribution is -2.55. The summed E-state index contributed by atoms with van der Waals surface area (Å²) >= 11 is 0. The fourth-order valence-electron chi connectivity index (χ4n) is 9.61. The molecule has 8 atom stereocenters. The summed E-state index contributed by atoms with van der Waals surface area (Å²) in [6.07, 6.45) is 11.5. The van der Waals surface area contributed by atoms with Crippen molar-refractivity contribution in [1.82, 2.24) is 9.78 Å². The smallest absolute Gasteiger partial charge is 0.157 e. The van der Waals surface area contributed by atoms with Crippen molar-refractivity contribution < 1.29 is 14.3 Å². The van der Waals surface area contributed by atoms with E-state index in [1.807, 2.05) is 19.9 Å². The predicted octanol–water partition coefficient (Wildman–Crippen LogP) is 6.46. The highest BCUT2D eigenvalue weighted by Crippen LogP contribution is 2.68. The molecule has 4 saturated carbocycles. The first kappa shape index (κ1) is 23.6. The van der Waals surface area contributed by atoms with Crippen molar-refractivity contribution >= 4 is 16.7 Å². The molecule has 0 bridgehead atoms. The standard InChI is InChI=1S/C30H41FN2O2/c1-18-13-25(31)21-16-32-33(26(21)14-18)17-27(34)24-8-7-22-20-6-5-19-15-28(2,35)11-12-29(19,3)23(20)9-10-30(22,24)4/h13-14,16,19-20,22-24,35H,5-12,15,17H2,1-4H3/t19-,20+,22+,23+,24-,28-,29+,30+/m1/s1. The summed E-state index contributed by atoms with van der Waals surface area (Å²) in [7, 11) is 0. The van der Waals surface area contributed by atoms with E-state index in [9.17, 15) is 14.3 Å². The highest BCUT2D eigenvalue weighted by molar-refractivity contribution is 5.85. The zero-order valence-corrected chi connectivity index (χ0v) is 21.8. The molecule has 0 aliphatic heterocycles. The molecule has 190 valence electrons. The van der Waals surface area contributed by atoms with Crippen LogP contribution in [0.15, 0.2) is 18.3 Å². The molecular formula is C30H41FN2O2. The van der Waals surface area contributed by atoms with Gasteiger partial charge < -0.3 is 5.11 Å². The van der Waals surface area contributed by atoms with E-state index in [2.05, 4.69) is 18.9 Å². The van der Waals surface area contributed by atoms with E-state index in [-0.39, 0.29) is 29.5 Å². The lowest BCUT2D eigenvalue weighted by Gasteiger charge is -2.61. The average molecular weight is 481 g/mol. The van der Waals surface area contributed by atoms with Gasteiger partial charge in [0.05, 0.1) is 22.7 Å². The third-order valence-electron chi connectivity index (χ3n) is 11.5. The number of halogens is 1. The van der Waals surface area contributed by atoms with Gasteiger partial charge >= 0.3 is 0 Å². The van der Waals surface area contributed by atoms with E-state index in [1.165, 1.54) is 25.3 Å². The Morgan fingerprint density at radius 2 is 1.83 bits per heavy atom. The number of fused-ring (bicyclic) bond motifs is 6. The van der Waals surface area contributed by atoms with Crippen molar-refractivity contribution in [2.24, 2.45) is 40.4 Å². The molecule has 0 unspecified atom stereocenters. The Balaban J connectivity index is 1.22. The second-order valence-corrected chi connectivity index (χ2v) is 13.5. The summed E-state index contributed by atoms with van der Waals surface area (Å²) in [6, 6.07) is 3.46. The number of hydrogen-bond donors (Lipinski definition) is 1. The second-order valence-electron chi connectivity index (χ2n) is 13.5. The van der Waals surface area contributed by atoms with Crippen LogP contribution in [0.25, 0.3) is 10.9 Å². The Hall–Kier alpha value is -1.75. The Bertz CT molecular complexity index is 1170. The minimum Gasteiger partial charge on any atom is -0.390 e. The number of benzene rings is 1. The van der Waals surface area contributed by atoms with Crippen LogP contribution in [0.1, 0.15) is 84.1 Å². The molecule has 6 rings (SSSR count). The Morgan fingerprint density at radius 3 is 2.63 bits per heavy atom. The monoisotopic (exact) mass is 480 g/mol. The molecule has 4 nitrogen and oxygen atoms in total. The lowest BCUT2D eigenvalue weighted by molar-refractivity contribution is -0.151. The minimum absolute atomic E-state index is 0.0612. The van der Waals surface area contributed by atoms with Crippen molar-refractivity contribution in [3.8, 4) is 0 Å². The number of nitrogens with zero attached hydrogens (tertiary/aromatic N) is 2. The van der Waals surface area contributed by atoms with Gasteiger partial charge in [-0.1, -0.05) is 13.8 Å². The van der Waals surface area contributed by atoms with E-state index < -0.39 is 5.60 Å². The minimum atomic E-state index is -0.497. The van der Waals surface area contributed by atoms with Crippen LogP contribution >= 0.6 is 0 Å². The fourth-order valence-corrected chi connectivity index (χ4v) is 9.61. The molecule has 35 heavy (non-hydrogen) atoms. The highest BCUT2D eigenvalue weighted by atomic mass is 19.1. The van der Waals surface area contributed by atoms with Gasteiger partial charge in [0.1, 0.15) is 12.4 Å². The maximum absolute atomic E-state index is 14.4. The van der Waals surface area contributed by atoms with Crippen molar-refractivity contribution in [2.75, 3.05) is 0 Å². The van der Waals surface area contributed by atoms with E-state index in [4.69, 9.17) is 0 Å². The molecule has 0 spiro atoms. The first-order chi connectivity index (χ1) is 16.5. The third-order valence-corrected chi connectivity index (χ3v) is 11.5. The van der Waals surface area contributed by atoms with Gasteiger partial charge in [0, 0.05) is 5.92 Å². The van der Waals surface area contributed by atoms with Crippen LogP contribution < -0.4 is 0 Å². The molecule has 4 fully saturated rings. The van der Waals surface area contributed by atoms with Gasteiger partial charge in [0.25, 0.3) is 0 Å². The topological polar surface area (TPSA) is 55.1 Å². The van der Waals surface area contributed by atoms with E-state index in [0.717, 1.165) is 55.5 Å². The molecule has 5 heteroatoms. The highest BCUT2D eigenvalue weighted by Gasteiger charge is 2.61. The Labute approximate surface area is 208 Å². The van der Waals surface area contributed by atoms with Gasteiger partial charge in [-0.15, -0.1) is 0 Å². The second kappa shape index (κ2) is 7.87. The molecule has 0 amide bonds. The number of carbonyl (C=O) groups excluding carboxylic acids is 1. The molecule has 4 aliphatic rings. The number of ketones is 1. The maximum Gasteiger partial charge on any atom is 0.157 e. The average Bonchev–Trinajstić information content (AvgIpc) is 3.35. The molecule has 1 aromatic heterocycles. The number of aryl methyl sites for hydroxylation is 1. The number of aliphatic hydroxyl groups is 1. The summed E-state index contributed by atoms with van der Waals surface area (Å²) in [4.78, 5) is 13.7. The fraction of sp³-hybridized carbons (Fsp3) is 0.733. The van der Waals surface area contributed by atoms with Gasteiger partial charge in [-0.3, -0.25) is 9.48 Å². The Kier molecular flexibility index (Phi) is 5.32. The lowest BCUT2D eigenvalue weighted by atomic mass is 9.44. The van der Waals surface area contributed by atoms with Crippen LogP contribution in [0.4, 0.5) is 4.39 Å². The number of carbonyl (C=O) groups is 1. The van der Waals surface area contributed by atoms with Crippen LogP contribution in [-0.4, -0.2) is 26.3 Å². The SMILES string of the molecule is Cc1cc(F)c2cnn(CC(=O)[C@H]3CC[C@H]4[C@@H]5CC[C@@H]6C[C@](C)(O)CC[C@]6(C)[C@H]5CC[C@]34C)c2c1. The molecule has 1 N–H and O–H groups in total. The normalized spacial score (nSPS) is 43.0. The first-order valence-electron chi connectivity index (χ1n) is 13.9. The Morgan fingerprint density at radius 1 is 1.06 bits per heavy atom. The molecule has 0 radical (unpaired) electrons. The summed E-state index contributed by atoms with van der Waals surface area (Å²) < 4.78 is 16.1. The first-order valence-corrected chi connectivity index (χ1v) is 13.9. The van der Waals surface area contributed by atoms with E-state index in [0.29, 0.717) is 28.6 Å². The van der Waals surface area contributed by atoms with Gasteiger partial charge in [0.15, 0.2) is 5.78 Å². The van der Waals surface area contributed by atoms with Gasteiger partial charge in [-0.2, -0.15) is 5.10 Å². The molecule has 1 aromatic carbocycles. The van der Waals surface area contributed by atoms with Crippen molar-refractivity contribution in [1.29, 1.82) is 0 Å². The van der Waals surface area contributed by atoms with E-state index in [1.54, 1.807) is 10.9 Å². The van der Waals surface area contributed by atoms with Gasteiger partial charge in [-0.05, 0) is 124 Å². The van der Waals surface area contributed by atoms with Gasteiger partial charge in [-0.25, -0.2) is 4.39 Å². The van der Waals surface area contributed by atoms with Crippen LogP contribution in [0, 0.1) is 53.2 Å². The molecule has 4 aliphatic carbocycles. The molecule has 1 heterocycles. The van der Waals surface area contributed by atoms with Crippen LogP contribution in [-0.2, 0) is 11.3 Å². The molecule has 2 aromatic rings. The van der Waals surface area contributed by atoms with Crippen LogP contribution in [0.2, 0.25) is 0 Å². The number of rotatable bonds is 3. The van der Waals surface area contributed by atoms with Crippen molar-refractivity contribution in [3.05, 3.63) is 29.7 Å². The predicted molar refractivity (Wildman–Crippen MR) is 135 cm³/mol. The summed E-state index contributed by atoms with van der Waals surface area (Å²) in [6.45, 7) is 9.07. The summed E-state index contributed by atoms with van der Waals surface area (Å²) in [5.74, 6) is 2.76. The zero-order chi connectivity index (χ0) is 24.8. The largest absolute Gasteiger partial charge is 0.390 e. The number of hydrogen-bond acceptors (Lipinski definition) is 3. The van der Waals surface area contributed by atoms with Gasteiger partial charge in [0.2, 0.25) is 0 Å².